The predicted molar refractivity (Wildman–Crippen MR) is 441 cm³/mol. The maximum Gasteiger partial charge on any atom is 0.380 e. The van der Waals surface area contributed by atoms with Gasteiger partial charge in [-0.15, -0.1) is 0 Å². The topological polar surface area (TPSA) is 222 Å². The molecule has 4 aromatic rings. The molecule has 5 rings (SSSR count). The van der Waals surface area contributed by atoms with E-state index in [-0.39, 0.29) is 152 Å². The van der Waals surface area contributed by atoms with Crippen molar-refractivity contribution in [2.24, 2.45) is 0 Å². The molecule has 0 amide bonds. The Morgan fingerprint density at radius 1 is 0.183 bits per heavy atom. The molecule has 0 aliphatic heterocycles. The molecular weight excluding hydrogens is 1660 g/mol. The SMILES string of the molecule is CCOP(=S)(OCC)Oc1cc(OP(=S)(OCC)OCC)c2cc1C(C)c1cc(c(OP(=S)(OCC)OCC)cc1OP(=S)(OCC)OCC)C(C)c1cc(c(OP(=S)(OCC)OCC)cc1OP(=S)(OCC)OCC)C(C)c1cc(c(OP(=S)(OCC)OCC)cc1OP(=S)(OCC)OCC)C2C. The first-order valence-corrected chi connectivity index (χ1v) is 55.1. The fourth-order valence-electron chi connectivity index (χ4n) is 10.6. The van der Waals surface area contributed by atoms with Gasteiger partial charge in [-0.1, -0.05) is 27.7 Å². The van der Waals surface area contributed by atoms with Crippen LogP contribution in [0.25, 0.3) is 0 Å². The van der Waals surface area contributed by atoms with Gasteiger partial charge in [-0.05, 0) is 135 Å². The van der Waals surface area contributed by atoms with E-state index in [0.717, 1.165) is 0 Å². The minimum atomic E-state index is -3.72. The van der Waals surface area contributed by atoms with Crippen molar-refractivity contribution < 1.29 is 109 Å². The molecule has 0 unspecified atom stereocenters. The molecule has 0 atom stereocenters. The number of fused-ring (bicyclic) bond motifs is 8. The zero-order valence-corrected chi connectivity index (χ0v) is 76.6. The van der Waals surface area contributed by atoms with E-state index in [4.69, 9.17) is 203 Å². The average Bonchev–Trinajstić information content (AvgIpc) is 0.746. The monoisotopic (exact) mass is 1760 g/mol. The van der Waals surface area contributed by atoms with Crippen molar-refractivity contribution in [2.75, 3.05) is 106 Å². The summed E-state index contributed by atoms with van der Waals surface area (Å²) in [7, 11) is 0. The lowest BCUT2D eigenvalue weighted by Gasteiger charge is -2.33. The molecule has 0 saturated heterocycles. The van der Waals surface area contributed by atoms with E-state index in [1.807, 2.05) is 52.0 Å². The highest BCUT2D eigenvalue weighted by Gasteiger charge is 2.40. The fourth-order valence-corrected chi connectivity index (χ4v) is 27.3. The Morgan fingerprint density at radius 3 is 0.346 bits per heavy atom. The first-order valence-electron chi connectivity index (χ1n) is 34.6. The van der Waals surface area contributed by atoms with Gasteiger partial charge in [-0.25, -0.2) is 0 Å². The molecule has 8 bridgehead atoms. The normalized spacial score (nSPS) is 16.3. The first-order chi connectivity index (χ1) is 49.2. The van der Waals surface area contributed by atoms with Gasteiger partial charge < -0.3 is 36.2 Å². The minimum Gasteiger partial charge on any atom is -0.424 e. The van der Waals surface area contributed by atoms with Gasteiger partial charge in [-0.2, -0.15) is 0 Å². The number of hydrogen-bond donors (Lipinski definition) is 0. The lowest BCUT2D eigenvalue weighted by molar-refractivity contribution is 0.213. The standard InChI is InChI=1S/C64H104O24P8S8/c1-21-65-89(97,66-22-2)81-57-41-58(82-90(98,67-23-3)68-24-4)50-37-49(57)45(17)51-38-52(60(84-92(100,71-27-7)72-28-8)42-59(51)83-91(99,69-25-5)70-26-6)47(19)55-40-56(64(88-96(104,79-35-15)80-36-16)44-63(55)87-95(103,77-33-13)78-34-14)48(20)54-39-53(46(50)18)61(85-93(101,73-29-9)74-30-10)43-62(54)86-94(102,75-31-11)76-32-12/h37-48H,21-36H2,1-20H3. The molecule has 1 aliphatic carbocycles. The van der Waals surface area contributed by atoms with Gasteiger partial charge in [0.1, 0.15) is 46.0 Å². The van der Waals surface area contributed by atoms with Crippen LogP contribution in [0.2, 0.25) is 0 Å². The second-order valence-corrected chi connectivity index (χ2v) is 45.1. The molecular formula is C64H104O24P8S8. The summed E-state index contributed by atoms with van der Waals surface area (Å²) < 4.78 is 157. The van der Waals surface area contributed by atoms with Crippen LogP contribution in [-0.2, 0) is 167 Å². The Labute approximate surface area is 658 Å². The first kappa shape index (κ1) is 94.4. The van der Waals surface area contributed by atoms with Crippen LogP contribution in [0.3, 0.4) is 0 Å². The summed E-state index contributed by atoms with van der Waals surface area (Å²) in [5.74, 6) is -2.32. The van der Waals surface area contributed by atoms with Crippen molar-refractivity contribution >= 4 is 148 Å². The number of rotatable bonds is 48. The van der Waals surface area contributed by atoms with Crippen molar-refractivity contribution in [3.8, 4) is 46.0 Å². The Bertz CT molecular complexity index is 3090. The van der Waals surface area contributed by atoms with Crippen LogP contribution in [0.5, 0.6) is 46.0 Å². The number of benzene rings is 4. The van der Waals surface area contributed by atoms with Crippen LogP contribution < -0.4 is 36.2 Å². The van der Waals surface area contributed by atoms with Crippen LogP contribution in [0.4, 0.5) is 0 Å². The molecule has 1 aliphatic rings. The quantitative estimate of drug-likeness (QED) is 0.0375. The van der Waals surface area contributed by atoms with Gasteiger partial charge in [0.05, 0.1) is 106 Å². The molecule has 4 aromatic carbocycles. The summed E-state index contributed by atoms with van der Waals surface area (Å²) in [5, 5.41) is 0. The second kappa shape index (κ2) is 43.9. The summed E-state index contributed by atoms with van der Waals surface area (Å²) in [6, 6.07) is 14.4. The highest BCUT2D eigenvalue weighted by molar-refractivity contribution is 8.10. The average molecular weight is 1760 g/mol. The summed E-state index contributed by atoms with van der Waals surface area (Å²) in [6.45, 7) is 8.66. The minimum absolute atomic E-state index is 0.120. The Morgan fingerprint density at radius 2 is 0.269 bits per heavy atom. The van der Waals surface area contributed by atoms with Gasteiger partial charge in [0.2, 0.25) is 0 Å². The molecule has 0 fully saturated rings. The molecule has 24 nitrogen and oxygen atoms in total. The van der Waals surface area contributed by atoms with Gasteiger partial charge >= 0.3 is 53.7 Å². The lowest BCUT2D eigenvalue weighted by atomic mass is 9.81. The summed E-state index contributed by atoms with van der Waals surface area (Å²) in [4.78, 5) is 0. The highest BCUT2D eigenvalue weighted by atomic mass is 32.5. The number of hydrogen-bond acceptors (Lipinski definition) is 32. The molecule has 592 valence electrons. The van der Waals surface area contributed by atoms with Crippen LogP contribution in [0.15, 0.2) is 48.5 Å². The van der Waals surface area contributed by atoms with Gasteiger partial charge in [0, 0.05) is 187 Å². The molecule has 0 heterocycles. The van der Waals surface area contributed by atoms with E-state index in [9.17, 15) is 0 Å². The van der Waals surface area contributed by atoms with Crippen LogP contribution >= 0.6 is 53.7 Å². The van der Waals surface area contributed by atoms with Gasteiger partial charge in [0.15, 0.2) is 0 Å². The van der Waals surface area contributed by atoms with E-state index in [0.29, 0.717) is 44.5 Å². The fraction of sp³-hybridized carbons (Fsp3) is 0.625. The third-order valence-corrected chi connectivity index (χ3v) is 34.0. The summed E-state index contributed by atoms with van der Waals surface area (Å²) in [5.41, 5.74) is 3.73. The zero-order chi connectivity index (χ0) is 77.5. The van der Waals surface area contributed by atoms with Crippen LogP contribution in [0, 0.1) is 0 Å². The Kier molecular flexibility index (Phi) is 39.9. The van der Waals surface area contributed by atoms with Crippen molar-refractivity contribution in [1.82, 2.24) is 0 Å². The molecule has 40 heteroatoms. The van der Waals surface area contributed by atoms with Gasteiger partial charge in [0.25, 0.3) is 0 Å². The van der Waals surface area contributed by atoms with E-state index in [2.05, 4.69) is 0 Å². The van der Waals surface area contributed by atoms with Crippen molar-refractivity contribution in [1.29, 1.82) is 0 Å². The van der Waals surface area contributed by atoms with E-state index >= 15 is 0 Å². The summed E-state index contributed by atoms with van der Waals surface area (Å²) in [6.07, 6.45) is 0. The molecule has 104 heavy (non-hydrogen) atoms. The third kappa shape index (κ3) is 25.9. The zero-order valence-electron chi connectivity index (χ0n) is 62.9. The summed E-state index contributed by atoms with van der Waals surface area (Å²) >= 11 is 50.2. The van der Waals surface area contributed by atoms with Crippen molar-refractivity contribution in [3.63, 3.8) is 0 Å². The van der Waals surface area contributed by atoms with E-state index < -0.39 is 77.4 Å². The maximum atomic E-state index is 7.08. The van der Waals surface area contributed by atoms with E-state index in [1.165, 1.54) is 0 Å². The molecule has 0 spiro atoms. The van der Waals surface area contributed by atoms with Crippen molar-refractivity contribution in [2.45, 2.75) is 162 Å². The van der Waals surface area contributed by atoms with Gasteiger partial charge in [-0.3, -0.25) is 72.4 Å². The molecule has 0 aromatic heterocycles. The Balaban J connectivity index is 2.38. The van der Waals surface area contributed by atoms with Crippen LogP contribution in [0.1, 0.15) is 207 Å². The second-order valence-electron chi connectivity index (χ2n) is 21.6. The maximum absolute atomic E-state index is 7.08. The third-order valence-electron chi connectivity index (χ3n) is 14.6. The highest BCUT2D eigenvalue weighted by Crippen LogP contribution is 2.64. The largest absolute Gasteiger partial charge is 0.424 e. The predicted octanol–water partition coefficient (Wildman–Crippen LogP) is 22.0. The van der Waals surface area contributed by atoms with Crippen LogP contribution in [-0.4, -0.2) is 106 Å². The Hall–Kier alpha value is -0.160. The molecule has 0 saturated carbocycles. The molecule has 0 radical (unpaired) electrons. The lowest BCUT2D eigenvalue weighted by Crippen LogP contribution is -2.14. The molecule has 0 N–H and O–H groups in total. The smallest absolute Gasteiger partial charge is 0.380 e. The van der Waals surface area contributed by atoms with E-state index in [1.54, 1.807) is 135 Å². The van der Waals surface area contributed by atoms with Crippen molar-refractivity contribution in [3.05, 3.63) is 93.0 Å².